The van der Waals surface area contributed by atoms with E-state index in [2.05, 4.69) is 139 Å². The van der Waals surface area contributed by atoms with Crippen LogP contribution in [0.3, 0.4) is 0 Å². The number of ether oxygens (including phenoxy) is 2. The van der Waals surface area contributed by atoms with Gasteiger partial charge < -0.3 is 30.5 Å². The van der Waals surface area contributed by atoms with Crippen LogP contribution in [0.4, 0.5) is 0 Å². The molecule has 4 heterocycles. The highest BCUT2D eigenvalue weighted by molar-refractivity contribution is 5.86. The number of methoxy groups -OCH3 is 1. The van der Waals surface area contributed by atoms with Crippen molar-refractivity contribution in [2.75, 3.05) is 79.2 Å². The molecule has 4 N–H and O–H groups in total. The van der Waals surface area contributed by atoms with Crippen molar-refractivity contribution in [3.05, 3.63) is 107 Å². The average molecular weight is 1010 g/mol. The Morgan fingerprint density at radius 3 is 1.26 bits per heavy atom. The van der Waals surface area contributed by atoms with Gasteiger partial charge in [-0.3, -0.25) is 29.1 Å². The zero-order valence-electron chi connectivity index (χ0n) is 47.4. The molecule has 3 aromatic carbocycles. The molecule has 0 aliphatic carbocycles. The fraction of sp³-hybridized carbons (Fsp3) is 0.656. The number of nitrogens with one attached hydrogen (secondary N) is 3. The van der Waals surface area contributed by atoms with Gasteiger partial charge in [-0.25, -0.2) is 0 Å². The molecule has 0 radical (unpaired) electrons. The van der Waals surface area contributed by atoms with E-state index in [0.29, 0.717) is 30.9 Å². The van der Waals surface area contributed by atoms with Crippen molar-refractivity contribution >= 4 is 17.7 Å². The summed E-state index contributed by atoms with van der Waals surface area (Å²) in [4.78, 5) is 44.7. The molecular formula is C61H96N6O6. The highest BCUT2D eigenvalue weighted by Gasteiger charge is 2.47. The van der Waals surface area contributed by atoms with Crippen molar-refractivity contribution in [1.82, 2.24) is 30.7 Å². The van der Waals surface area contributed by atoms with Gasteiger partial charge >= 0.3 is 0 Å². The summed E-state index contributed by atoms with van der Waals surface area (Å²) < 4.78 is 11.8. The first-order valence-corrected chi connectivity index (χ1v) is 27.5. The van der Waals surface area contributed by atoms with E-state index in [1.54, 1.807) is 7.11 Å². The van der Waals surface area contributed by atoms with Gasteiger partial charge in [-0.15, -0.1) is 0 Å². The first-order valence-electron chi connectivity index (χ1n) is 27.5. The fourth-order valence-electron chi connectivity index (χ4n) is 11.1. The van der Waals surface area contributed by atoms with Gasteiger partial charge in [-0.05, 0) is 120 Å². The number of hydrogen-bond donors (Lipinski definition) is 4. The molecule has 7 rings (SSSR count). The summed E-state index contributed by atoms with van der Waals surface area (Å²) >= 11 is 0. The van der Waals surface area contributed by atoms with Gasteiger partial charge in [0.2, 0.25) is 17.7 Å². The molecule has 3 amide bonds. The first kappa shape index (κ1) is 59.7. The van der Waals surface area contributed by atoms with E-state index in [0.717, 1.165) is 97.5 Å². The zero-order chi connectivity index (χ0) is 53.7. The van der Waals surface area contributed by atoms with Crippen LogP contribution in [0.1, 0.15) is 144 Å². The predicted molar refractivity (Wildman–Crippen MR) is 296 cm³/mol. The van der Waals surface area contributed by atoms with Gasteiger partial charge in [0.05, 0.1) is 42.0 Å². The summed E-state index contributed by atoms with van der Waals surface area (Å²) in [6.07, 6.45) is 5.65. The molecule has 0 saturated carbocycles. The van der Waals surface area contributed by atoms with Crippen LogP contribution < -0.4 is 16.0 Å². The number of aliphatic hydroxyl groups excluding tert-OH is 1. The molecule has 3 saturated heterocycles. The van der Waals surface area contributed by atoms with Crippen molar-refractivity contribution in [3.63, 3.8) is 0 Å². The maximum absolute atomic E-state index is 12.6. The van der Waals surface area contributed by atoms with Crippen LogP contribution >= 0.6 is 0 Å². The van der Waals surface area contributed by atoms with Crippen molar-refractivity contribution in [2.45, 2.75) is 161 Å². The highest BCUT2D eigenvalue weighted by Crippen LogP contribution is 2.45. The van der Waals surface area contributed by atoms with Gasteiger partial charge in [0.25, 0.3) is 0 Å². The Hall–Kier alpha value is -4.17. The molecule has 12 nitrogen and oxygen atoms in total. The second kappa shape index (κ2) is 26.1. The van der Waals surface area contributed by atoms with Crippen LogP contribution in [0.15, 0.2) is 84.9 Å². The van der Waals surface area contributed by atoms with E-state index >= 15 is 0 Å². The molecule has 0 atom stereocenters. The predicted octanol–water partition coefficient (Wildman–Crippen LogP) is 8.84. The Labute approximate surface area is 441 Å². The summed E-state index contributed by atoms with van der Waals surface area (Å²) in [5.74, 6) is 1.73. The van der Waals surface area contributed by atoms with E-state index in [4.69, 9.17) is 9.47 Å². The van der Waals surface area contributed by atoms with Gasteiger partial charge in [0.15, 0.2) is 0 Å². The third-order valence-electron chi connectivity index (χ3n) is 16.6. The number of rotatable bonds is 17. The van der Waals surface area contributed by atoms with Crippen LogP contribution in [0.2, 0.25) is 0 Å². The topological polar surface area (TPSA) is 136 Å². The third kappa shape index (κ3) is 14.8. The van der Waals surface area contributed by atoms with Gasteiger partial charge in [0.1, 0.15) is 0 Å². The van der Waals surface area contributed by atoms with Crippen LogP contribution in [-0.4, -0.2) is 133 Å². The number of carbonyl (C=O) groups is 3. The Balaban J connectivity index is 0.000000203. The van der Waals surface area contributed by atoms with Crippen LogP contribution in [0.25, 0.3) is 0 Å². The van der Waals surface area contributed by atoms with Crippen molar-refractivity contribution in [3.8, 4) is 0 Å². The molecule has 3 fully saturated rings. The van der Waals surface area contributed by atoms with Gasteiger partial charge in [-0.1, -0.05) is 126 Å². The molecular weight excluding hydrogens is 913 g/mol. The maximum Gasteiger partial charge on any atom is 0.239 e. The number of piperidine rings is 3. The Bertz CT molecular complexity index is 2120. The number of aliphatic hydroxyl groups is 1. The lowest BCUT2D eigenvalue weighted by Crippen LogP contribution is -2.59. The Kier molecular flexibility index (Phi) is 21.3. The molecule has 4 aliphatic heterocycles. The van der Waals surface area contributed by atoms with E-state index < -0.39 is 16.6 Å². The average Bonchev–Trinajstić information content (AvgIpc) is 3.74. The summed E-state index contributed by atoms with van der Waals surface area (Å²) in [7, 11) is 1.78. The largest absolute Gasteiger partial charge is 0.395 e. The normalized spacial score (nSPS) is 19.1. The van der Waals surface area contributed by atoms with Crippen molar-refractivity contribution in [2.24, 2.45) is 17.8 Å². The quantitative estimate of drug-likeness (QED) is 0.105. The van der Waals surface area contributed by atoms with Crippen LogP contribution in [0.5, 0.6) is 0 Å². The monoisotopic (exact) mass is 1010 g/mol. The maximum atomic E-state index is 12.6. The smallest absolute Gasteiger partial charge is 0.239 e. The van der Waals surface area contributed by atoms with Crippen molar-refractivity contribution < 1.29 is 29.0 Å². The molecule has 3 aromatic rings. The molecule has 4 aliphatic rings. The van der Waals surface area contributed by atoms with E-state index in [9.17, 15) is 19.5 Å². The van der Waals surface area contributed by atoms with Gasteiger partial charge in [0, 0.05) is 76.8 Å². The SMILES string of the molecule is CC(C)CNC(=O)C(C)(C)N1CCC(CO)(c2ccccc2)CC1.CC(C)CNC(=O)C(C)(C)N1CCC2(CC1)OCc1ccccc12.COCC1(c2ccccc2)CCN(C(C)(C)C(=O)NCC(C)C)CC1. The molecule has 0 unspecified atom stereocenters. The number of benzene rings is 3. The van der Waals surface area contributed by atoms with Crippen molar-refractivity contribution in [1.29, 1.82) is 0 Å². The summed E-state index contributed by atoms with van der Waals surface area (Å²) in [5, 5.41) is 19.3. The Morgan fingerprint density at radius 1 is 0.548 bits per heavy atom. The lowest BCUT2D eigenvalue weighted by molar-refractivity contribution is -0.137. The summed E-state index contributed by atoms with van der Waals surface area (Å²) in [6.45, 7) is 33.8. The van der Waals surface area contributed by atoms with E-state index in [-0.39, 0.29) is 40.8 Å². The number of carbonyl (C=O) groups excluding carboxylic acids is 3. The number of hydrogen-bond acceptors (Lipinski definition) is 9. The number of nitrogens with zero attached hydrogens (tertiary/aromatic N) is 3. The molecule has 406 valence electrons. The van der Waals surface area contributed by atoms with E-state index in [1.165, 1.54) is 22.3 Å². The molecule has 73 heavy (non-hydrogen) atoms. The zero-order valence-corrected chi connectivity index (χ0v) is 47.4. The Morgan fingerprint density at radius 2 is 0.890 bits per heavy atom. The van der Waals surface area contributed by atoms with E-state index in [1.807, 2.05) is 59.7 Å². The standard InChI is InChI=1S/C21H34N2O2.C20H30N2O2.C20H32N2O2/c1-17(2)15-22-19(24)20(3,4)23-13-11-21(12-14-23,16-25-5)18-9-7-6-8-10-18;1-15(2)13-21-18(23)19(3,4)22-11-9-20(10-12-22)17-8-6-5-7-16(17)14-24-20;1-16(2)14-21-18(24)19(3,4)22-12-10-20(15-23,11-13-22)17-8-6-5-7-9-17/h6-10,17H,11-16H2,1-5H3,(H,22,24);5-8,15H,9-14H2,1-4H3,(H,21,23);5-9,16,23H,10-15H2,1-4H3,(H,21,24). The minimum absolute atomic E-state index is 0.0526. The van der Waals surface area contributed by atoms with Gasteiger partial charge in [-0.2, -0.15) is 0 Å². The minimum atomic E-state index is -0.521. The molecule has 0 aromatic heterocycles. The minimum Gasteiger partial charge on any atom is -0.395 e. The third-order valence-corrected chi connectivity index (χ3v) is 16.6. The highest BCUT2D eigenvalue weighted by atomic mass is 16.5. The second-order valence-corrected chi connectivity index (χ2v) is 24.3. The lowest BCUT2D eigenvalue weighted by atomic mass is 9.72. The fourth-order valence-corrected chi connectivity index (χ4v) is 11.1. The molecule has 12 heteroatoms. The first-order chi connectivity index (χ1) is 34.5. The molecule has 0 bridgehead atoms. The number of likely N-dealkylation sites (tertiary alicyclic amines) is 3. The molecule has 1 spiro atoms. The summed E-state index contributed by atoms with van der Waals surface area (Å²) in [5.41, 5.74) is 3.48. The summed E-state index contributed by atoms with van der Waals surface area (Å²) in [6, 6.07) is 29.5. The second-order valence-electron chi connectivity index (χ2n) is 24.3. The van der Waals surface area contributed by atoms with Crippen LogP contribution in [0, 0.1) is 17.8 Å². The number of amides is 3. The number of fused-ring (bicyclic) bond motifs is 2. The van der Waals surface area contributed by atoms with Crippen LogP contribution in [-0.2, 0) is 46.9 Å². The lowest BCUT2D eigenvalue weighted by Gasteiger charge is -2.47.